The summed E-state index contributed by atoms with van der Waals surface area (Å²) < 4.78 is 22.2. The minimum absolute atomic E-state index is 0.0891. The van der Waals surface area contributed by atoms with Gasteiger partial charge in [-0.1, -0.05) is 0 Å². The number of rotatable bonds is 2. The molecule has 0 saturated carbocycles. The molecule has 1 aliphatic rings. The lowest BCUT2D eigenvalue weighted by molar-refractivity contribution is 0.561. The van der Waals surface area contributed by atoms with E-state index in [1.807, 2.05) is 0 Å². The van der Waals surface area contributed by atoms with Gasteiger partial charge in [0.1, 0.15) is 0 Å². The number of hydrogen-bond donors (Lipinski definition) is 0. The maximum atomic E-state index is 11.1. The Bertz CT molecular complexity index is 276. The van der Waals surface area contributed by atoms with Gasteiger partial charge in [-0.15, -0.1) is 0 Å². The first-order valence-corrected chi connectivity index (χ1v) is 5.13. The monoisotopic (exact) mass is 175 g/mol. The van der Waals surface area contributed by atoms with Gasteiger partial charge in [0, 0.05) is 0 Å². The highest BCUT2D eigenvalue weighted by atomic mass is 32.2. The second-order valence-corrected chi connectivity index (χ2v) is 4.96. The summed E-state index contributed by atoms with van der Waals surface area (Å²) >= 11 is 0. The van der Waals surface area contributed by atoms with E-state index < -0.39 is 15.1 Å². The van der Waals surface area contributed by atoms with Crippen LogP contribution in [0.25, 0.3) is 0 Å². The van der Waals surface area contributed by atoms with Crippen LogP contribution in [0.4, 0.5) is 0 Å². The van der Waals surface area contributed by atoms with Gasteiger partial charge < -0.3 is 0 Å². The normalized spacial score (nSPS) is 27.8. The van der Waals surface area contributed by atoms with Crippen molar-refractivity contribution >= 4 is 15.9 Å². The van der Waals surface area contributed by atoms with Gasteiger partial charge in [-0.3, -0.25) is 0 Å². The van der Waals surface area contributed by atoms with Crippen molar-refractivity contribution in [1.82, 2.24) is 0 Å². The zero-order chi connectivity index (χ0) is 8.32. The molecule has 1 atom stereocenters. The smallest absolute Gasteiger partial charge is 0.228 e. The first-order chi connectivity index (χ1) is 5.17. The van der Waals surface area contributed by atoms with E-state index >= 15 is 0 Å². The van der Waals surface area contributed by atoms with Crippen LogP contribution in [0.5, 0.6) is 0 Å². The highest BCUT2D eigenvalue weighted by Gasteiger charge is 2.30. The Morgan fingerprint density at radius 1 is 1.55 bits per heavy atom. The standard InChI is InChI=1S/C6H9NO3S/c8-5-7-4-6-2-1-3-11(6,9)10/h6H,1-4H2. The van der Waals surface area contributed by atoms with E-state index in [0.29, 0.717) is 12.8 Å². The van der Waals surface area contributed by atoms with Crippen LogP contribution in [0.1, 0.15) is 12.8 Å². The number of carbonyl (C=O) groups excluding carboxylic acids is 1. The first-order valence-electron chi connectivity index (χ1n) is 3.42. The van der Waals surface area contributed by atoms with E-state index in [2.05, 4.69) is 4.99 Å². The summed E-state index contributed by atoms with van der Waals surface area (Å²) in [4.78, 5) is 13.0. The molecule has 1 aliphatic heterocycles. The van der Waals surface area contributed by atoms with Gasteiger partial charge in [0.2, 0.25) is 6.08 Å². The van der Waals surface area contributed by atoms with Crippen molar-refractivity contribution < 1.29 is 13.2 Å². The molecular formula is C6H9NO3S. The third-order valence-corrected chi connectivity index (χ3v) is 4.08. The van der Waals surface area contributed by atoms with Crippen LogP contribution in [0.2, 0.25) is 0 Å². The Balaban J connectivity index is 2.66. The molecule has 4 nitrogen and oxygen atoms in total. The molecule has 11 heavy (non-hydrogen) atoms. The average Bonchev–Trinajstić information content (AvgIpc) is 2.25. The number of isocyanates is 1. The molecule has 1 heterocycles. The third-order valence-electron chi connectivity index (χ3n) is 1.82. The molecule has 0 bridgehead atoms. The molecule has 1 rings (SSSR count). The van der Waals surface area contributed by atoms with Crippen LogP contribution in [-0.4, -0.2) is 32.0 Å². The van der Waals surface area contributed by atoms with Crippen LogP contribution in [0, 0.1) is 0 Å². The average molecular weight is 175 g/mol. The fourth-order valence-electron chi connectivity index (χ4n) is 1.20. The molecule has 1 fully saturated rings. The molecule has 1 saturated heterocycles. The Morgan fingerprint density at radius 3 is 2.73 bits per heavy atom. The van der Waals surface area contributed by atoms with E-state index in [1.54, 1.807) is 0 Å². The predicted octanol–water partition coefficient (Wildman–Crippen LogP) is -0.101. The lowest BCUT2D eigenvalue weighted by Gasteiger charge is -2.01. The van der Waals surface area contributed by atoms with Crippen molar-refractivity contribution in [1.29, 1.82) is 0 Å². The third kappa shape index (κ3) is 1.88. The van der Waals surface area contributed by atoms with Gasteiger partial charge in [-0.2, -0.15) is 0 Å². The molecule has 0 aliphatic carbocycles. The predicted molar refractivity (Wildman–Crippen MR) is 39.8 cm³/mol. The fraction of sp³-hybridized carbons (Fsp3) is 0.833. The maximum absolute atomic E-state index is 11.1. The highest BCUT2D eigenvalue weighted by Crippen LogP contribution is 2.19. The number of sulfone groups is 1. The van der Waals surface area contributed by atoms with Gasteiger partial charge >= 0.3 is 0 Å². The molecule has 1 unspecified atom stereocenters. The first kappa shape index (κ1) is 8.43. The molecule has 0 N–H and O–H groups in total. The number of hydrogen-bond acceptors (Lipinski definition) is 4. The second-order valence-electron chi connectivity index (χ2n) is 2.56. The summed E-state index contributed by atoms with van der Waals surface area (Å²) in [5, 5.41) is -0.427. The van der Waals surface area contributed by atoms with Crippen molar-refractivity contribution in [3.8, 4) is 0 Å². The zero-order valence-corrected chi connectivity index (χ0v) is 6.80. The number of aliphatic imine (C=N–C) groups is 1. The molecule has 0 radical (unpaired) electrons. The molecule has 0 aromatic carbocycles. The van der Waals surface area contributed by atoms with E-state index in [9.17, 15) is 13.2 Å². The van der Waals surface area contributed by atoms with Crippen LogP contribution < -0.4 is 0 Å². The molecule has 0 amide bonds. The van der Waals surface area contributed by atoms with Crippen molar-refractivity contribution in [3.05, 3.63) is 0 Å². The largest absolute Gasteiger partial charge is 0.234 e. The van der Waals surface area contributed by atoms with Gasteiger partial charge in [-0.05, 0) is 12.8 Å². The number of nitrogens with zero attached hydrogens (tertiary/aromatic N) is 1. The molecule has 62 valence electrons. The molecule has 0 spiro atoms. The van der Waals surface area contributed by atoms with Crippen LogP contribution in [0.15, 0.2) is 4.99 Å². The van der Waals surface area contributed by atoms with Crippen LogP contribution in [0.3, 0.4) is 0 Å². The minimum atomic E-state index is -2.93. The molecule has 5 heteroatoms. The topological polar surface area (TPSA) is 63.6 Å². The van der Waals surface area contributed by atoms with E-state index in [-0.39, 0.29) is 12.3 Å². The molecular weight excluding hydrogens is 166 g/mol. The maximum Gasteiger partial charge on any atom is 0.234 e. The summed E-state index contributed by atoms with van der Waals surface area (Å²) in [6, 6.07) is 0. The lowest BCUT2D eigenvalue weighted by atomic mass is 10.2. The SMILES string of the molecule is O=C=NCC1CCCS1(=O)=O. The minimum Gasteiger partial charge on any atom is -0.228 e. The van der Waals surface area contributed by atoms with E-state index in [4.69, 9.17) is 0 Å². The summed E-state index contributed by atoms with van der Waals surface area (Å²) in [7, 11) is -2.93. The van der Waals surface area contributed by atoms with Crippen molar-refractivity contribution in [2.24, 2.45) is 4.99 Å². The van der Waals surface area contributed by atoms with E-state index in [1.165, 1.54) is 6.08 Å². The fourth-order valence-corrected chi connectivity index (χ4v) is 2.93. The van der Waals surface area contributed by atoms with Crippen LogP contribution in [-0.2, 0) is 14.6 Å². The quantitative estimate of drug-likeness (QED) is 0.435. The lowest BCUT2D eigenvalue weighted by Crippen LogP contribution is -2.18. The van der Waals surface area contributed by atoms with Gasteiger partial charge in [0.05, 0.1) is 17.5 Å². The van der Waals surface area contributed by atoms with Gasteiger partial charge in [0.25, 0.3) is 0 Å². The van der Waals surface area contributed by atoms with Crippen molar-refractivity contribution in [2.45, 2.75) is 18.1 Å². The molecule has 0 aromatic rings. The Labute approximate surface area is 65.2 Å². The zero-order valence-electron chi connectivity index (χ0n) is 5.99. The Hall–Kier alpha value is -0.670. The summed E-state index contributed by atoms with van der Waals surface area (Å²) in [5.41, 5.74) is 0. The van der Waals surface area contributed by atoms with Crippen molar-refractivity contribution in [2.75, 3.05) is 12.3 Å². The van der Waals surface area contributed by atoms with Crippen molar-refractivity contribution in [3.63, 3.8) is 0 Å². The Kier molecular flexibility index (Phi) is 2.42. The Morgan fingerprint density at radius 2 is 2.27 bits per heavy atom. The highest BCUT2D eigenvalue weighted by molar-refractivity contribution is 7.92. The molecule has 0 aromatic heterocycles. The second kappa shape index (κ2) is 3.15. The summed E-state index contributed by atoms with van der Waals surface area (Å²) in [5.74, 6) is 0.242. The van der Waals surface area contributed by atoms with E-state index in [0.717, 1.165) is 0 Å². The van der Waals surface area contributed by atoms with Gasteiger partial charge in [0.15, 0.2) is 9.84 Å². The summed E-state index contributed by atoms with van der Waals surface area (Å²) in [6.07, 6.45) is 2.67. The van der Waals surface area contributed by atoms with Crippen LogP contribution >= 0.6 is 0 Å². The summed E-state index contributed by atoms with van der Waals surface area (Å²) in [6.45, 7) is 0.0891. The van der Waals surface area contributed by atoms with Gasteiger partial charge in [-0.25, -0.2) is 18.2 Å².